The zero-order valence-electron chi connectivity index (χ0n) is 7.93. The summed E-state index contributed by atoms with van der Waals surface area (Å²) in [6, 6.07) is 0. The molecular weight excluding hydrogens is 148 g/mol. The molecule has 0 N–H and O–H groups in total. The van der Waals surface area contributed by atoms with Gasteiger partial charge in [0.1, 0.15) is 0 Å². The Bertz CT molecular complexity index is 104. The Morgan fingerprint density at radius 1 is 0.750 bits per heavy atom. The first-order chi connectivity index (χ1) is 6.00. The average Bonchev–Trinajstić information content (AvgIpc) is 2.05. The molecule has 0 saturated carbocycles. The Kier molecular flexibility index (Phi) is 5.78. The molecule has 0 aromatic carbocycles. The highest BCUT2D eigenvalue weighted by Crippen LogP contribution is 2.10. The molecule has 0 aliphatic carbocycles. The van der Waals surface area contributed by atoms with E-state index in [9.17, 15) is 0 Å². The summed E-state index contributed by atoms with van der Waals surface area (Å²) in [4.78, 5) is 0. The van der Waals surface area contributed by atoms with Gasteiger partial charge < -0.3 is 4.74 Å². The first-order valence-corrected chi connectivity index (χ1v) is 5.27. The summed E-state index contributed by atoms with van der Waals surface area (Å²) < 4.78 is 5.33. The molecule has 1 heterocycles. The van der Waals surface area contributed by atoms with Gasteiger partial charge in [-0.3, -0.25) is 0 Å². The third kappa shape index (κ3) is 5.22. The highest BCUT2D eigenvalue weighted by molar-refractivity contribution is 4.73. The van der Waals surface area contributed by atoms with Gasteiger partial charge in [0.25, 0.3) is 0 Å². The number of allylic oxidation sites excluding steroid dienone is 1. The van der Waals surface area contributed by atoms with Crippen molar-refractivity contribution in [3.8, 4) is 0 Å². The number of rotatable bonds is 0. The zero-order chi connectivity index (χ0) is 8.49. The second-order valence-corrected chi connectivity index (χ2v) is 3.51. The molecule has 1 rings (SSSR count). The van der Waals surface area contributed by atoms with E-state index in [0.717, 1.165) is 6.61 Å². The van der Waals surface area contributed by atoms with Gasteiger partial charge in [-0.25, -0.2) is 0 Å². The lowest BCUT2D eigenvalue weighted by Gasteiger charge is -2.03. The van der Waals surface area contributed by atoms with Crippen LogP contribution in [-0.4, -0.2) is 6.61 Å². The van der Waals surface area contributed by atoms with Crippen molar-refractivity contribution in [1.82, 2.24) is 0 Å². The molecular formula is C11H20O. The van der Waals surface area contributed by atoms with Crippen LogP contribution >= 0.6 is 0 Å². The summed E-state index contributed by atoms with van der Waals surface area (Å²) in [6.45, 7) is 0.913. The molecule has 0 fully saturated rings. The minimum atomic E-state index is 0.913. The predicted octanol–water partition coefficient (Wildman–Crippen LogP) is 3.65. The lowest BCUT2D eigenvalue weighted by Crippen LogP contribution is -1.89. The van der Waals surface area contributed by atoms with Gasteiger partial charge in [-0.15, -0.1) is 0 Å². The highest BCUT2D eigenvalue weighted by atomic mass is 16.5. The first-order valence-electron chi connectivity index (χ1n) is 5.27. The Morgan fingerprint density at radius 3 is 2.25 bits per heavy atom. The fourth-order valence-electron chi connectivity index (χ4n) is 1.54. The normalized spacial score (nSPS) is 24.7. The van der Waals surface area contributed by atoms with Crippen molar-refractivity contribution in [3.05, 3.63) is 12.3 Å². The van der Waals surface area contributed by atoms with Crippen molar-refractivity contribution in [2.24, 2.45) is 0 Å². The van der Waals surface area contributed by atoms with E-state index in [0.29, 0.717) is 0 Å². The molecule has 0 unspecified atom stereocenters. The molecule has 0 amide bonds. The molecule has 12 heavy (non-hydrogen) atoms. The first kappa shape index (κ1) is 9.63. The van der Waals surface area contributed by atoms with Gasteiger partial charge in [0.05, 0.1) is 12.9 Å². The summed E-state index contributed by atoms with van der Waals surface area (Å²) in [7, 11) is 0. The van der Waals surface area contributed by atoms with Crippen molar-refractivity contribution in [2.45, 2.75) is 51.4 Å². The Labute approximate surface area is 75.8 Å². The highest BCUT2D eigenvalue weighted by Gasteiger charge is 1.92. The van der Waals surface area contributed by atoms with Crippen LogP contribution in [0.5, 0.6) is 0 Å². The summed E-state index contributed by atoms with van der Waals surface area (Å²) in [5.74, 6) is 0. The van der Waals surface area contributed by atoms with Crippen molar-refractivity contribution < 1.29 is 4.74 Å². The smallest absolute Gasteiger partial charge is 0.0873 e. The van der Waals surface area contributed by atoms with Crippen LogP contribution in [0.25, 0.3) is 0 Å². The molecule has 0 atom stereocenters. The summed E-state index contributed by atoms with van der Waals surface area (Å²) in [5.41, 5.74) is 0. The van der Waals surface area contributed by atoms with Gasteiger partial charge in [0.2, 0.25) is 0 Å². The predicted molar refractivity (Wildman–Crippen MR) is 52.0 cm³/mol. The van der Waals surface area contributed by atoms with Crippen molar-refractivity contribution in [3.63, 3.8) is 0 Å². The molecule has 0 aromatic rings. The van der Waals surface area contributed by atoms with E-state index < -0.39 is 0 Å². The number of hydrogen-bond donors (Lipinski definition) is 0. The van der Waals surface area contributed by atoms with Gasteiger partial charge >= 0.3 is 0 Å². The maximum absolute atomic E-state index is 5.33. The van der Waals surface area contributed by atoms with Gasteiger partial charge in [0.15, 0.2) is 0 Å². The molecule has 0 bridgehead atoms. The average molecular weight is 168 g/mol. The van der Waals surface area contributed by atoms with E-state index in [1.807, 2.05) is 6.26 Å². The van der Waals surface area contributed by atoms with E-state index in [2.05, 4.69) is 6.08 Å². The summed E-state index contributed by atoms with van der Waals surface area (Å²) >= 11 is 0. The standard InChI is InChI=1S/C11H20O/c1-2-4-6-8-10-12-11-9-7-5-3-1/h8,10H,1-7,9,11H2/b10-8-. The van der Waals surface area contributed by atoms with Crippen LogP contribution in [0.3, 0.4) is 0 Å². The number of ether oxygens (including phenoxy) is 1. The van der Waals surface area contributed by atoms with Crippen LogP contribution in [0.2, 0.25) is 0 Å². The van der Waals surface area contributed by atoms with Crippen LogP contribution in [-0.2, 0) is 4.74 Å². The third-order valence-electron chi connectivity index (χ3n) is 2.33. The molecule has 70 valence electrons. The zero-order valence-corrected chi connectivity index (χ0v) is 7.93. The van der Waals surface area contributed by atoms with Gasteiger partial charge in [-0.1, -0.05) is 32.1 Å². The van der Waals surface area contributed by atoms with E-state index in [1.165, 1.54) is 51.4 Å². The Morgan fingerprint density at radius 2 is 1.42 bits per heavy atom. The minimum absolute atomic E-state index is 0.913. The quantitative estimate of drug-likeness (QED) is 0.536. The number of hydrogen-bond acceptors (Lipinski definition) is 1. The lowest BCUT2D eigenvalue weighted by atomic mass is 10.1. The Hall–Kier alpha value is -0.460. The third-order valence-corrected chi connectivity index (χ3v) is 2.33. The molecule has 0 spiro atoms. The molecule has 0 aromatic heterocycles. The van der Waals surface area contributed by atoms with Gasteiger partial charge in [-0.05, 0) is 25.3 Å². The van der Waals surface area contributed by atoms with Gasteiger partial charge in [0, 0.05) is 0 Å². The van der Waals surface area contributed by atoms with Crippen molar-refractivity contribution in [1.29, 1.82) is 0 Å². The maximum Gasteiger partial charge on any atom is 0.0873 e. The Balaban J connectivity index is 2.10. The van der Waals surface area contributed by atoms with Crippen LogP contribution < -0.4 is 0 Å². The van der Waals surface area contributed by atoms with Crippen LogP contribution in [0.1, 0.15) is 51.4 Å². The largest absolute Gasteiger partial charge is 0.502 e. The molecule has 0 radical (unpaired) electrons. The van der Waals surface area contributed by atoms with E-state index >= 15 is 0 Å². The monoisotopic (exact) mass is 168 g/mol. The van der Waals surface area contributed by atoms with Gasteiger partial charge in [-0.2, -0.15) is 0 Å². The molecule has 1 aliphatic heterocycles. The molecule has 0 saturated heterocycles. The van der Waals surface area contributed by atoms with E-state index in [-0.39, 0.29) is 0 Å². The second kappa shape index (κ2) is 7.20. The topological polar surface area (TPSA) is 9.23 Å². The molecule has 1 heteroatoms. The lowest BCUT2D eigenvalue weighted by molar-refractivity contribution is 0.238. The van der Waals surface area contributed by atoms with E-state index in [1.54, 1.807) is 0 Å². The minimum Gasteiger partial charge on any atom is -0.502 e. The SMILES string of the molecule is C1=C\OCCCCCCCCC/1. The fourth-order valence-corrected chi connectivity index (χ4v) is 1.54. The van der Waals surface area contributed by atoms with E-state index in [4.69, 9.17) is 4.74 Å². The van der Waals surface area contributed by atoms with Crippen LogP contribution in [0.4, 0.5) is 0 Å². The fraction of sp³-hybridized carbons (Fsp3) is 0.818. The van der Waals surface area contributed by atoms with Crippen molar-refractivity contribution >= 4 is 0 Å². The summed E-state index contributed by atoms with van der Waals surface area (Å²) in [5, 5.41) is 0. The summed E-state index contributed by atoms with van der Waals surface area (Å²) in [6.07, 6.45) is 14.8. The van der Waals surface area contributed by atoms with Crippen LogP contribution in [0.15, 0.2) is 12.3 Å². The maximum atomic E-state index is 5.33. The van der Waals surface area contributed by atoms with Crippen LogP contribution in [0, 0.1) is 0 Å². The second-order valence-electron chi connectivity index (χ2n) is 3.51. The molecule has 1 nitrogen and oxygen atoms in total. The molecule has 1 aliphatic rings. The van der Waals surface area contributed by atoms with Crippen molar-refractivity contribution in [2.75, 3.05) is 6.61 Å².